The van der Waals surface area contributed by atoms with Gasteiger partial charge in [-0.25, -0.2) is 5.43 Å². The van der Waals surface area contributed by atoms with Crippen molar-refractivity contribution in [2.75, 3.05) is 26.1 Å². The minimum absolute atomic E-state index is 0.258. The molecule has 0 aliphatic rings. The van der Waals surface area contributed by atoms with Gasteiger partial charge >= 0.3 is 0 Å². The lowest BCUT2D eigenvalue weighted by Gasteiger charge is -2.11. The number of nitrogens with one attached hydrogen (secondary N) is 1. The largest absolute Gasteiger partial charge is 0.496 e. The molecule has 0 atom stereocenters. The zero-order valence-electron chi connectivity index (χ0n) is 13.2. The normalized spacial score (nSPS) is 10.6. The predicted octanol–water partition coefficient (Wildman–Crippen LogP) is 3.13. The molecular formula is C17H18IN3O2. The van der Waals surface area contributed by atoms with E-state index in [2.05, 4.69) is 33.1 Å². The van der Waals surface area contributed by atoms with Gasteiger partial charge in [0.15, 0.2) is 0 Å². The Morgan fingerprint density at radius 2 is 1.91 bits per heavy atom. The third kappa shape index (κ3) is 4.69. The standard InChI is InChI=1S/C17H18IN3O2/c1-21(2)14-7-4-12(5-8-14)11-19-20-17(22)13-6-9-16(23-3)15(18)10-13/h4-11H,1-3H3,(H,20,22). The van der Waals surface area contributed by atoms with E-state index in [-0.39, 0.29) is 5.91 Å². The molecule has 2 aromatic carbocycles. The molecule has 5 nitrogen and oxygen atoms in total. The van der Waals surface area contributed by atoms with Gasteiger partial charge in [0.25, 0.3) is 5.91 Å². The maximum absolute atomic E-state index is 12.1. The first-order chi connectivity index (χ1) is 11.0. The lowest BCUT2D eigenvalue weighted by molar-refractivity contribution is 0.0955. The molecule has 1 N–H and O–H groups in total. The van der Waals surface area contributed by atoms with Gasteiger partial charge in [0.1, 0.15) is 5.75 Å². The minimum atomic E-state index is -0.258. The molecule has 120 valence electrons. The second kappa shape index (κ2) is 7.96. The van der Waals surface area contributed by atoms with Crippen LogP contribution in [0.2, 0.25) is 0 Å². The summed E-state index contributed by atoms with van der Waals surface area (Å²) in [6, 6.07) is 13.1. The highest BCUT2D eigenvalue weighted by Gasteiger charge is 2.07. The van der Waals surface area contributed by atoms with E-state index in [9.17, 15) is 4.79 Å². The Bertz CT molecular complexity index is 712. The molecule has 1 amide bonds. The number of hydrogen-bond donors (Lipinski definition) is 1. The van der Waals surface area contributed by atoms with E-state index < -0.39 is 0 Å². The molecule has 23 heavy (non-hydrogen) atoms. The van der Waals surface area contributed by atoms with Crippen LogP contribution in [0.4, 0.5) is 5.69 Å². The van der Waals surface area contributed by atoms with Crippen molar-refractivity contribution < 1.29 is 9.53 Å². The van der Waals surface area contributed by atoms with Crippen molar-refractivity contribution >= 4 is 40.4 Å². The van der Waals surface area contributed by atoms with Crippen molar-refractivity contribution in [3.8, 4) is 5.75 Å². The van der Waals surface area contributed by atoms with Crippen molar-refractivity contribution in [1.29, 1.82) is 0 Å². The second-order valence-electron chi connectivity index (χ2n) is 5.03. The van der Waals surface area contributed by atoms with Gasteiger partial charge < -0.3 is 9.64 Å². The summed E-state index contributed by atoms with van der Waals surface area (Å²) >= 11 is 2.13. The maximum Gasteiger partial charge on any atom is 0.271 e. The molecule has 0 spiro atoms. The van der Waals surface area contributed by atoms with E-state index in [0.29, 0.717) is 5.56 Å². The van der Waals surface area contributed by atoms with Gasteiger partial charge in [-0.3, -0.25) is 4.79 Å². The summed E-state index contributed by atoms with van der Waals surface area (Å²) in [5.41, 5.74) is 5.09. The first-order valence-electron chi connectivity index (χ1n) is 6.95. The number of ether oxygens (including phenoxy) is 1. The van der Waals surface area contributed by atoms with Crippen LogP contribution in [0.3, 0.4) is 0 Å². The summed E-state index contributed by atoms with van der Waals surface area (Å²) < 4.78 is 6.05. The van der Waals surface area contributed by atoms with Crippen molar-refractivity contribution in [1.82, 2.24) is 5.43 Å². The van der Waals surface area contributed by atoms with Crippen molar-refractivity contribution in [2.45, 2.75) is 0 Å². The highest BCUT2D eigenvalue weighted by atomic mass is 127. The lowest BCUT2D eigenvalue weighted by Crippen LogP contribution is -2.17. The van der Waals surface area contributed by atoms with E-state index >= 15 is 0 Å². The van der Waals surface area contributed by atoms with Crippen LogP contribution in [0.5, 0.6) is 5.75 Å². The zero-order valence-corrected chi connectivity index (χ0v) is 15.4. The molecule has 0 aliphatic carbocycles. The molecule has 0 heterocycles. The molecule has 6 heteroatoms. The van der Waals surface area contributed by atoms with Crippen LogP contribution >= 0.6 is 22.6 Å². The average molecular weight is 423 g/mol. The number of anilines is 1. The minimum Gasteiger partial charge on any atom is -0.496 e. The van der Waals surface area contributed by atoms with Crippen LogP contribution in [-0.4, -0.2) is 33.3 Å². The number of hydrogen-bond acceptors (Lipinski definition) is 4. The number of amides is 1. The zero-order chi connectivity index (χ0) is 16.8. The molecule has 0 fully saturated rings. The molecule has 0 aromatic heterocycles. The topological polar surface area (TPSA) is 53.9 Å². The molecule has 0 aliphatic heterocycles. The van der Waals surface area contributed by atoms with Crippen molar-refractivity contribution in [3.05, 3.63) is 57.2 Å². The second-order valence-corrected chi connectivity index (χ2v) is 6.20. The smallest absolute Gasteiger partial charge is 0.271 e. The predicted molar refractivity (Wildman–Crippen MR) is 102 cm³/mol. The van der Waals surface area contributed by atoms with Crippen LogP contribution in [0.25, 0.3) is 0 Å². The summed E-state index contributed by atoms with van der Waals surface area (Å²) in [7, 11) is 5.57. The fourth-order valence-electron chi connectivity index (χ4n) is 1.90. The summed E-state index contributed by atoms with van der Waals surface area (Å²) in [4.78, 5) is 14.1. The first kappa shape index (κ1) is 17.3. The van der Waals surface area contributed by atoms with E-state index in [1.165, 1.54) is 0 Å². The number of benzene rings is 2. The highest BCUT2D eigenvalue weighted by molar-refractivity contribution is 14.1. The summed E-state index contributed by atoms with van der Waals surface area (Å²) in [5, 5.41) is 3.99. The van der Waals surface area contributed by atoms with E-state index in [4.69, 9.17) is 4.74 Å². The number of methoxy groups -OCH3 is 1. The average Bonchev–Trinajstić information content (AvgIpc) is 2.55. The van der Waals surface area contributed by atoms with E-state index in [1.54, 1.807) is 31.5 Å². The van der Waals surface area contributed by atoms with Gasteiger partial charge in [-0.15, -0.1) is 0 Å². The Morgan fingerprint density at radius 3 is 2.48 bits per heavy atom. The van der Waals surface area contributed by atoms with Gasteiger partial charge in [0.05, 0.1) is 16.9 Å². The maximum atomic E-state index is 12.1. The van der Waals surface area contributed by atoms with Crippen molar-refractivity contribution in [3.63, 3.8) is 0 Å². The SMILES string of the molecule is COc1ccc(C(=O)NN=Cc2ccc(N(C)C)cc2)cc1I. The van der Waals surface area contributed by atoms with Gasteiger partial charge in [0.2, 0.25) is 0 Å². The number of hydrazone groups is 1. The number of carbonyl (C=O) groups is 1. The molecule has 0 unspecified atom stereocenters. The van der Waals surface area contributed by atoms with E-state index in [1.807, 2.05) is 43.3 Å². The molecule has 0 radical (unpaired) electrons. The third-order valence-corrected chi connectivity index (χ3v) is 4.05. The Balaban J connectivity index is 1.99. The van der Waals surface area contributed by atoms with Gasteiger partial charge in [0, 0.05) is 25.3 Å². The summed E-state index contributed by atoms with van der Waals surface area (Å²) in [6.07, 6.45) is 1.62. The molecule has 0 saturated carbocycles. The Hall–Kier alpha value is -2.09. The van der Waals surface area contributed by atoms with Crippen LogP contribution in [-0.2, 0) is 0 Å². The van der Waals surface area contributed by atoms with E-state index in [0.717, 1.165) is 20.6 Å². The Morgan fingerprint density at radius 1 is 1.22 bits per heavy atom. The summed E-state index contributed by atoms with van der Waals surface area (Å²) in [5.74, 6) is 0.485. The molecular weight excluding hydrogens is 405 g/mol. The molecule has 2 aromatic rings. The highest BCUT2D eigenvalue weighted by Crippen LogP contribution is 2.21. The fourth-order valence-corrected chi connectivity index (χ4v) is 2.63. The van der Waals surface area contributed by atoms with Crippen LogP contribution in [0.15, 0.2) is 47.6 Å². The van der Waals surface area contributed by atoms with Crippen LogP contribution < -0.4 is 15.1 Å². The van der Waals surface area contributed by atoms with Gasteiger partial charge in [-0.2, -0.15) is 5.10 Å². The van der Waals surface area contributed by atoms with Crippen LogP contribution in [0, 0.1) is 3.57 Å². The number of carbonyl (C=O) groups excluding carboxylic acids is 1. The molecule has 0 bridgehead atoms. The Labute approximate surface area is 149 Å². The fraction of sp³-hybridized carbons (Fsp3) is 0.176. The number of halogens is 1. The monoisotopic (exact) mass is 423 g/mol. The van der Waals surface area contributed by atoms with Gasteiger partial charge in [-0.1, -0.05) is 12.1 Å². The third-order valence-electron chi connectivity index (χ3n) is 3.20. The molecule has 2 rings (SSSR count). The van der Waals surface area contributed by atoms with Crippen molar-refractivity contribution in [2.24, 2.45) is 5.10 Å². The van der Waals surface area contributed by atoms with Crippen LogP contribution in [0.1, 0.15) is 15.9 Å². The lowest BCUT2D eigenvalue weighted by atomic mass is 10.2. The quantitative estimate of drug-likeness (QED) is 0.457. The first-order valence-corrected chi connectivity index (χ1v) is 8.03. The Kier molecular flexibility index (Phi) is 5.97. The number of rotatable bonds is 5. The van der Waals surface area contributed by atoms with Gasteiger partial charge in [-0.05, 0) is 58.5 Å². The summed E-state index contributed by atoms with van der Waals surface area (Å²) in [6.45, 7) is 0. The molecule has 0 saturated heterocycles. The number of nitrogens with zero attached hydrogens (tertiary/aromatic N) is 2.